The van der Waals surface area contributed by atoms with E-state index >= 15 is 0 Å². The van der Waals surface area contributed by atoms with Crippen LogP contribution in [0.15, 0.2) is 4.42 Å². The Kier molecular flexibility index (Phi) is 3.14. The summed E-state index contributed by atoms with van der Waals surface area (Å²) in [7, 11) is 1.99. The molecule has 0 N–H and O–H groups in total. The molecule has 4 nitrogen and oxygen atoms in total. The van der Waals surface area contributed by atoms with Crippen LogP contribution < -0.4 is 4.90 Å². The first-order chi connectivity index (χ1) is 7.20. The van der Waals surface area contributed by atoms with Crippen molar-refractivity contribution < 1.29 is 4.42 Å². The second kappa shape index (κ2) is 4.39. The summed E-state index contributed by atoms with van der Waals surface area (Å²) in [5.74, 6) is 2.78. The van der Waals surface area contributed by atoms with E-state index in [0.717, 1.165) is 18.4 Å². The van der Waals surface area contributed by atoms with Crippen molar-refractivity contribution in [1.29, 1.82) is 0 Å². The molecular weight excluding hydrogens is 214 g/mol. The summed E-state index contributed by atoms with van der Waals surface area (Å²) in [4.78, 5) is 2.03. The quantitative estimate of drug-likeness (QED) is 0.724. The van der Waals surface area contributed by atoms with Gasteiger partial charge in [-0.15, -0.1) is 16.7 Å². The average Bonchev–Trinajstić information content (AvgIpc) is 2.72. The Balaban J connectivity index is 1.90. The largest absolute Gasteiger partial charge is 0.408 e. The summed E-state index contributed by atoms with van der Waals surface area (Å²) in [6, 6.07) is 0.606. The fourth-order valence-electron chi connectivity index (χ4n) is 1.66. The molecule has 0 amide bonds. The fraction of sp³-hybridized carbons (Fsp3) is 0.800. The molecule has 1 heterocycles. The maximum Gasteiger partial charge on any atom is 0.317 e. The molecule has 1 fully saturated rings. The first-order valence-corrected chi connectivity index (χ1v) is 5.83. The molecule has 84 valence electrons. The van der Waals surface area contributed by atoms with E-state index in [2.05, 4.69) is 17.1 Å². The van der Waals surface area contributed by atoms with Crippen molar-refractivity contribution in [3.8, 4) is 0 Å². The molecule has 2 atom stereocenters. The number of alkyl halides is 1. The number of aromatic nitrogens is 2. The lowest BCUT2D eigenvalue weighted by molar-refractivity contribution is 0.491. The molecule has 1 aromatic rings. The topological polar surface area (TPSA) is 42.2 Å². The maximum atomic E-state index is 5.60. The van der Waals surface area contributed by atoms with Gasteiger partial charge in [-0.2, -0.15) is 0 Å². The van der Waals surface area contributed by atoms with E-state index in [1.54, 1.807) is 0 Å². The van der Waals surface area contributed by atoms with Crippen molar-refractivity contribution in [2.75, 3.05) is 24.4 Å². The lowest BCUT2D eigenvalue weighted by Crippen LogP contribution is -2.20. The number of rotatable bonds is 5. The molecule has 2 unspecified atom stereocenters. The van der Waals surface area contributed by atoms with Crippen LogP contribution in [-0.2, 0) is 6.42 Å². The van der Waals surface area contributed by atoms with Crippen LogP contribution in [-0.4, -0.2) is 29.7 Å². The van der Waals surface area contributed by atoms with Crippen LogP contribution in [0.5, 0.6) is 0 Å². The van der Waals surface area contributed by atoms with Gasteiger partial charge in [-0.05, 0) is 18.3 Å². The molecule has 0 saturated heterocycles. The van der Waals surface area contributed by atoms with Gasteiger partial charge >= 0.3 is 6.01 Å². The summed E-state index contributed by atoms with van der Waals surface area (Å²) in [5.41, 5.74) is 0. The van der Waals surface area contributed by atoms with Crippen molar-refractivity contribution >= 4 is 17.6 Å². The molecule has 0 aliphatic heterocycles. The van der Waals surface area contributed by atoms with Crippen LogP contribution in [0.2, 0.25) is 0 Å². The predicted molar refractivity (Wildman–Crippen MR) is 59.3 cm³/mol. The summed E-state index contributed by atoms with van der Waals surface area (Å²) >= 11 is 5.60. The first kappa shape index (κ1) is 10.7. The van der Waals surface area contributed by atoms with E-state index in [1.807, 2.05) is 11.9 Å². The predicted octanol–water partition coefficient (Wildman–Crippen LogP) is 1.94. The van der Waals surface area contributed by atoms with Gasteiger partial charge in [0, 0.05) is 25.9 Å². The van der Waals surface area contributed by atoms with Gasteiger partial charge in [0.2, 0.25) is 5.89 Å². The molecule has 15 heavy (non-hydrogen) atoms. The summed E-state index contributed by atoms with van der Waals surface area (Å²) in [6.07, 6.45) is 1.95. The Morgan fingerprint density at radius 1 is 1.53 bits per heavy atom. The van der Waals surface area contributed by atoms with Crippen molar-refractivity contribution in [2.24, 2.45) is 11.8 Å². The van der Waals surface area contributed by atoms with E-state index in [-0.39, 0.29) is 0 Å². The van der Waals surface area contributed by atoms with Crippen LogP contribution in [0, 0.1) is 11.8 Å². The summed E-state index contributed by atoms with van der Waals surface area (Å²) in [6.45, 7) is 3.27. The molecule has 1 aromatic heterocycles. The van der Waals surface area contributed by atoms with E-state index in [9.17, 15) is 0 Å². The van der Waals surface area contributed by atoms with E-state index in [1.165, 1.54) is 6.42 Å². The van der Waals surface area contributed by atoms with Gasteiger partial charge < -0.3 is 9.32 Å². The number of hydrogen-bond acceptors (Lipinski definition) is 4. The third-order valence-electron chi connectivity index (χ3n) is 2.88. The van der Waals surface area contributed by atoms with Gasteiger partial charge in [0.25, 0.3) is 0 Å². The first-order valence-electron chi connectivity index (χ1n) is 5.30. The molecule has 0 spiro atoms. The van der Waals surface area contributed by atoms with Gasteiger partial charge in [-0.25, -0.2) is 0 Å². The van der Waals surface area contributed by atoms with Crippen molar-refractivity contribution in [3.63, 3.8) is 0 Å². The Hall–Kier alpha value is -0.770. The van der Waals surface area contributed by atoms with Crippen LogP contribution in [0.3, 0.4) is 0 Å². The molecule has 2 rings (SSSR count). The highest BCUT2D eigenvalue weighted by atomic mass is 35.5. The van der Waals surface area contributed by atoms with Crippen LogP contribution in [0.25, 0.3) is 0 Å². The van der Waals surface area contributed by atoms with E-state index in [4.69, 9.17) is 16.0 Å². The normalized spacial score (nSPS) is 24.2. The number of hydrogen-bond donors (Lipinski definition) is 0. The van der Waals surface area contributed by atoms with Gasteiger partial charge in [0.15, 0.2) is 0 Å². The number of anilines is 1. The van der Waals surface area contributed by atoms with Gasteiger partial charge in [-0.3, -0.25) is 0 Å². The molecule has 1 aliphatic carbocycles. The van der Waals surface area contributed by atoms with E-state index in [0.29, 0.717) is 24.2 Å². The van der Waals surface area contributed by atoms with E-state index < -0.39 is 0 Å². The third kappa shape index (κ3) is 2.62. The number of aryl methyl sites for hydroxylation is 1. The number of nitrogens with zero attached hydrogens (tertiary/aromatic N) is 3. The zero-order chi connectivity index (χ0) is 10.8. The highest BCUT2D eigenvalue weighted by molar-refractivity contribution is 6.17. The van der Waals surface area contributed by atoms with Gasteiger partial charge in [0.05, 0.1) is 0 Å². The SMILES string of the molecule is CC1CC1CN(C)c1nnc(CCCl)o1. The number of halogens is 1. The summed E-state index contributed by atoms with van der Waals surface area (Å²) < 4.78 is 5.47. The zero-order valence-electron chi connectivity index (χ0n) is 9.11. The smallest absolute Gasteiger partial charge is 0.317 e. The molecule has 0 radical (unpaired) electrons. The Morgan fingerprint density at radius 3 is 2.87 bits per heavy atom. The van der Waals surface area contributed by atoms with Crippen molar-refractivity contribution in [1.82, 2.24) is 10.2 Å². The third-order valence-corrected chi connectivity index (χ3v) is 3.06. The minimum Gasteiger partial charge on any atom is -0.408 e. The second-order valence-electron chi connectivity index (χ2n) is 4.27. The molecule has 1 aliphatic rings. The average molecular weight is 230 g/mol. The molecular formula is C10H16ClN3O. The zero-order valence-corrected chi connectivity index (χ0v) is 9.87. The highest BCUT2D eigenvalue weighted by Gasteiger charge is 2.34. The highest BCUT2D eigenvalue weighted by Crippen LogP contribution is 2.38. The maximum absolute atomic E-state index is 5.60. The molecule has 0 aromatic carbocycles. The lowest BCUT2D eigenvalue weighted by atomic mass is 10.3. The van der Waals surface area contributed by atoms with Crippen molar-refractivity contribution in [3.05, 3.63) is 5.89 Å². The lowest BCUT2D eigenvalue weighted by Gasteiger charge is -2.12. The van der Waals surface area contributed by atoms with Gasteiger partial charge in [-0.1, -0.05) is 12.0 Å². The minimum atomic E-state index is 0.519. The Morgan fingerprint density at radius 2 is 2.27 bits per heavy atom. The molecule has 5 heteroatoms. The molecule has 0 bridgehead atoms. The fourth-order valence-corrected chi connectivity index (χ4v) is 1.83. The molecule has 1 saturated carbocycles. The van der Waals surface area contributed by atoms with Gasteiger partial charge in [0.1, 0.15) is 0 Å². The monoisotopic (exact) mass is 229 g/mol. The minimum absolute atomic E-state index is 0.519. The second-order valence-corrected chi connectivity index (χ2v) is 4.65. The Bertz CT molecular complexity index is 328. The van der Waals surface area contributed by atoms with Crippen molar-refractivity contribution in [2.45, 2.75) is 19.8 Å². The Labute approximate surface area is 94.6 Å². The van der Waals surface area contributed by atoms with Crippen LogP contribution >= 0.6 is 11.6 Å². The van der Waals surface area contributed by atoms with Crippen LogP contribution in [0.4, 0.5) is 6.01 Å². The standard InChI is InChI=1S/C10H16ClN3O/c1-7-5-8(7)6-14(2)10-13-12-9(15-10)3-4-11/h7-8H,3-6H2,1-2H3. The van der Waals surface area contributed by atoms with Crippen LogP contribution in [0.1, 0.15) is 19.2 Å². The summed E-state index contributed by atoms with van der Waals surface area (Å²) in [5, 5.41) is 7.92.